The van der Waals surface area contributed by atoms with Gasteiger partial charge in [-0.1, -0.05) is 19.3 Å². The molecule has 1 aliphatic carbocycles. The molecule has 0 spiro atoms. The number of amides is 2. The van der Waals surface area contributed by atoms with E-state index in [2.05, 4.69) is 5.32 Å². The van der Waals surface area contributed by atoms with Gasteiger partial charge in [-0.25, -0.2) is 4.79 Å². The molecule has 1 aliphatic heterocycles. The fraction of sp³-hybridized carbons (Fsp3) is 0.923. The Morgan fingerprint density at radius 1 is 1.29 bits per heavy atom. The number of rotatable bonds is 1. The highest BCUT2D eigenvalue weighted by Gasteiger charge is 2.30. The molecule has 0 radical (unpaired) electrons. The Labute approximate surface area is 104 Å². The normalized spacial score (nSPS) is 25.6. The number of hydrogen-bond donors (Lipinski definition) is 1. The number of nitrogens with zero attached hydrogens (tertiary/aromatic N) is 1. The quantitative estimate of drug-likeness (QED) is 0.763. The number of urea groups is 1. The Morgan fingerprint density at radius 2 is 2.00 bits per heavy atom. The Morgan fingerprint density at radius 3 is 2.65 bits per heavy atom. The molecule has 2 rings (SSSR count). The molecule has 2 fully saturated rings. The lowest BCUT2D eigenvalue weighted by Gasteiger charge is -2.39. The summed E-state index contributed by atoms with van der Waals surface area (Å²) in [5, 5.41) is 3.16. The highest BCUT2D eigenvalue weighted by molar-refractivity contribution is 5.74. The van der Waals surface area contributed by atoms with Gasteiger partial charge in [0.2, 0.25) is 0 Å². The second-order valence-electron chi connectivity index (χ2n) is 5.81. The van der Waals surface area contributed by atoms with Crippen LogP contribution in [0.1, 0.15) is 46.0 Å². The van der Waals surface area contributed by atoms with Gasteiger partial charge in [0, 0.05) is 12.6 Å². The third kappa shape index (κ3) is 3.60. The molecule has 0 atom stereocenters. The van der Waals surface area contributed by atoms with Crippen molar-refractivity contribution in [2.45, 2.75) is 57.6 Å². The molecule has 2 aliphatic rings. The molecule has 0 aromatic carbocycles. The van der Waals surface area contributed by atoms with Crippen molar-refractivity contribution in [3.63, 3.8) is 0 Å². The van der Waals surface area contributed by atoms with Gasteiger partial charge >= 0.3 is 6.03 Å². The number of ether oxygens (including phenoxy) is 1. The van der Waals surface area contributed by atoms with E-state index in [0.717, 1.165) is 12.8 Å². The van der Waals surface area contributed by atoms with Gasteiger partial charge in [-0.15, -0.1) is 0 Å². The van der Waals surface area contributed by atoms with Crippen LogP contribution < -0.4 is 5.32 Å². The minimum absolute atomic E-state index is 0.0910. The summed E-state index contributed by atoms with van der Waals surface area (Å²) in [4.78, 5) is 14.0. The van der Waals surface area contributed by atoms with Gasteiger partial charge in [0.15, 0.2) is 0 Å². The lowest BCUT2D eigenvalue weighted by atomic mass is 9.96. The maximum Gasteiger partial charge on any atom is 0.317 e. The number of hydrogen-bond acceptors (Lipinski definition) is 2. The molecule has 1 saturated heterocycles. The molecule has 1 heterocycles. The molecule has 0 bridgehead atoms. The number of morpholine rings is 1. The topological polar surface area (TPSA) is 41.6 Å². The van der Waals surface area contributed by atoms with E-state index in [9.17, 15) is 4.79 Å². The maximum absolute atomic E-state index is 12.1. The van der Waals surface area contributed by atoms with Gasteiger partial charge in [-0.3, -0.25) is 0 Å². The second kappa shape index (κ2) is 5.25. The van der Waals surface area contributed by atoms with Crippen LogP contribution in [0.5, 0.6) is 0 Å². The zero-order valence-electron chi connectivity index (χ0n) is 11.0. The summed E-state index contributed by atoms with van der Waals surface area (Å²) in [6.45, 7) is 6.11. The Bertz CT molecular complexity index is 273. The highest BCUT2D eigenvalue weighted by atomic mass is 16.5. The predicted octanol–water partition coefficient (Wildman–Crippen LogP) is 2.14. The van der Waals surface area contributed by atoms with Crippen LogP contribution in [0.15, 0.2) is 0 Å². The van der Waals surface area contributed by atoms with Gasteiger partial charge in [-0.2, -0.15) is 0 Å². The van der Waals surface area contributed by atoms with E-state index >= 15 is 0 Å². The van der Waals surface area contributed by atoms with Crippen LogP contribution in [0, 0.1) is 0 Å². The molecule has 0 aromatic rings. The fourth-order valence-electron chi connectivity index (χ4n) is 2.70. The van der Waals surface area contributed by atoms with Crippen molar-refractivity contribution in [2.24, 2.45) is 0 Å². The zero-order chi connectivity index (χ0) is 12.3. The average Bonchev–Trinajstić information content (AvgIpc) is 2.29. The van der Waals surface area contributed by atoms with Gasteiger partial charge in [0.25, 0.3) is 0 Å². The van der Waals surface area contributed by atoms with Crippen LogP contribution >= 0.6 is 0 Å². The van der Waals surface area contributed by atoms with E-state index in [4.69, 9.17) is 4.74 Å². The largest absolute Gasteiger partial charge is 0.372 e. The molecular weight excluding hydrogens is 216 g/mol. The predicted molar refractivity (Wildman–Crippen MR) is 67.0 cm³/mol. The standard InChI is InChI=1S/C13H24N2O2/c1-13(2)10-15(8-9-17-13)12(16)14-11-6-4-3-5-7-11/h11H,3-10H2,1-2H3,(H,14,16). The Kier molecular flexibility index (Phi) is 3.92. The Balaban J connectivity index is 1.82. The molecule has 1 saturated carbocycles. The molecule has 98 valence electrons. The molecule has 17 heavy (non-hydrogen) atoms. The van der Waals surface area contributed by atoms with E-state index in [-0.39, 0.29) is 11.6 Å². The number of carbonyl (C=O) groups excluding carboxylic acids is 1. The average molecular weight is 240 g/mol. The zero-order valence-corrected chi connectivity index (χ0v) is 11.0. The Hall–Kier alpha value is -0.770. The molecule has 2 amide bonds. The van der Waals surface area contributed by atoms with Crippen molar-refractivity contribution in [1.29, 1.82) is 0 Å². The summed E-state index contributed by atoms with van der Waals surface area (Å²) in [6, 6.07) is 0.482. The first-order valence-corrected chi connectivity index (χ1v) is 6.76. The van der Waals surface area contributed by atoms with Crippen LogP contribution in [0.2, 0.25) is 0 Å². The van der Waals surface area contributed by atoms with Crippen molar-refractivity contribution in [2.75, 3.05) is 19.7 Å². The minimum Gasteiger partial charge on any atom is -0.372 e. The van der Waals surface area contributed by atoms with E-state index < -0.39 is 0 Å². The summed E-state index contributed by atoms with van der Waals surface area (Å²) >= 11 is 0. The summed E-state index contributed by atoms with van der Waals surface area (Å²) in [7, 11) is 0. The SMILES string of the molecule is CC1(C)CN(C(=O)NC2CCCCC2)CCO1. The molecule has 4 nitrogen and oxygen atoms in total. The summed E-state index contributed by atoms with van der Waals surface area (Å²) in [6.07, 6.45) is 6.09. The van der Waals surface area contributed by atoms with Crippen molar-refractivity contribution in [1.82, 2.24) is 10.2 Å². The molecular formula is C13H24N2O2. The van der Waals surface area contributed by atoms with Crippen molar-refractivity contribution >= 4 is 6.03 Å². The van der Waals surface area contributed by atoms with Crippen LogP contribution in [-0.2, 0) is 4.74 Å². The third-order valence-corrected chi connectivity index (χ3v) is 3.65. The van der Waals surface area contributed by atoms with Gasteiger partial charge < -0.3 is 15.0 Å². The first-order chi connectivity index (χ1) is 8.07. The van der Waals surface area contributed by atoms with Gasteiger partial charge in [-0.05, 0) is 26.7 Å². The molecule has 0 aromatic heterocycles. The monoisotopic (exact) mass is 240 g/mol. The van der Waals surface area contributed by atoms with Crippen molar-refractivity contribution in [3.05, 3.63) is 0 Å². The first-order valence-electron chi connectivity index (χ1n) is 6.76. The molecule has 0 unspecified atom stereocenters. The smallest absolute Gasteiger partial charge is 0.317 e. The lowest BCUT2D eigenvalue weighted by molar-refractivity contribution is -0.0736. The minimum atomic E-state index is -0.206. The lowest BCUT2D eigenvalue weighted by Crippen LogP contribution is -2.55. The summed E-state index contributed by atoms with van der Waals surface area (Å²) < 4.78 is 5.61. The van der Waals surface area contributed by atoms with Crippen LogP contribution in [-0.4, -0.2) is 42.3 Å². The molecule has 1 N–H and O–H groups in total. The maximum atomic E-state index is 12.1. The van der Waals surface area contributed by atoms with Crippen LogP contribution in [0.25, 0.3) is 0 Å². The third-order valence-electron chi connectivity index (χ3n) is 3.65. The fourth-order valence-corrected chi connectivity index (χ4v) is 2.70. The molecule has 4 heteroatoms. The van der Waals surface area contributed by atoms with E-state index in [1.54, 1.807) is 0 Å². The van der Waals surface area contributed by atoms with Gasteiger partial charge in [0.05, 0.1) is 18.8 Å². The van der Waals surface area contributed by atoms with Crippen molar-refractivity contribution < 1.29 is 9.53 Å². The summed E-state index contributed by atoms with van der Waals surface area (Å²) in [5.74, 6) is 0. The van der Waals surface area contributed by atoms with Crippen LogP contribution in [0.3, 0.4) is 0 Å². The number of carbonyl (C=O) groups is 1. The highest BCUT2D eigenvalue weighted by Crippen LogP contribution is 2.19. The number of nitrogens with one attached hydrogen (secondary N) is 1. The van der Waals surface area contributed by atoms with Crippen LogP contribution in [0.4, 0.5) is 4.79 Å². The van der Waals surface area contributed by atoms with Crippen molar-refractivity contribution in [3.8, 4) is 0 Å². The first kappa shape index (κ1) is 12.7. The van der Waals surface area contributed by atoms with Gasteiger partial charge in [0.1, 0.15) is 0 Å². The van der Waals surface area contributed by atoms with E-state index in [1.807, 2.05) is 18.7 Å². The second-order valence-corrected chi connectivity index (χ2v) is 5.81. The summed E-state index contributed by atoms with van der Waals surface area (Å²) in [5.41, 5.74) is -0.206. The van der Waals surface area contributed by atoms with E-state index in [1.165, 1.54) is 19.3 Å². The van der Waals surface area contributed by atoms with E-state index in [0.29, 0.717) is 25.7 Å².